The van der Waals surface area contributed by atoms with Crippen LogP contribution in [-0.4, -0.2) is 35.5 Å². The van der Waals surface area contributed by atoms with Gasteiger partial charge in [-0.2, -0.15) is 0 Å². The molecule has 2 atom stereocenters. The van der Waals surface area contributed by atoms with E-state index < -0.39 is 17.9 Å². The number of aliphatic carboxylic acids is 1. The standard InChI is InChI=1S/C14H26N2O4/c1-5-10(4)13(14(19)20)16-12(18)7-6-11(17)15-8-9(2)3/h9-10,13H,5-8H2,1-4H3,(H,15,17)(H,16,18)(H,19,20). The monoisotopic (exact) mass is 286 g/mol. The molecule has 0 radical (unpaired) electrons. The third-order valence-electron chi connectivity index (χ3n) is 3.08. The van der Waals surface area contributed by atoms with Gasteiger partial charge in [-0.25, -0.2) is 4.79 Å². The van der Waals surface area contributed by atoms with Gasteiger partial charge < -0.3 is 15.7 Å². The maximum Gasteiger partial charge on any atom is 0.326 e. The number of amides is 2. The molecule has 0 bridgehead atoms. The molecule has 0 aliphatic rings. The van der Waals surface area contributed by atoms with E-state index in [9.17, 15) is 14.4 Å². The summed E-state index contributed by atoms with van der Waals surface area (Å²) < 4.78 is 0. The predicted octanol–water partition coefficient (Wildman–Crippen LogP) is 1.15. The third-order valence-corrected chi connectivity index (χ3v) is 3.08. The number of hydrogen-bond acceptors (Lipinski definition) is 3. The summed E-state index contributed by atoms with van der Waals surface area (Å²) in [6.45, 7) is 8.18. The van der Waals surface area contributed by atoms with Crippen molar-refractivity contribution < 1.29 is 19.5 Å². The van der Waals surface area contributed by atoms with Gasteiger partial charge in [-0.1, -0.05) is 34.1 Å². The maximum atomic E-state index is 11.7. The lowest BCUT2D eigenvalue weighted by Crippen LogP contribution is -2.45. The molecule has 2 amide bonds. The Labute approximate surface area is 120 Å². The molecule has 6 nitrogen and oxygen atoms in total. The van der Waals surface area contributed by atoms with Crippen molar-refractivity contribution in [2.75, 3.05) is 6.54 Å². The zero-order chi connectivity index (χ0) is 15.7. The van der Waals surface area contributed by atoms with E-state index in [2.05, 4.69) is 10.6 Å². The first-order chi connectivity index (χ1) is 9.27. The van der Waals surface area contributed by atoms with Crippen LogP contribution in [0.1, 0.15) is 47.0 Å². The Hall–Kier alpha value is -1.59. The highest BCUT2D eigenvalue weighted by molar-refractivity contribution is 5.87. The van der Waals surface area contributed by atoms with Gasteiger partial charge in [-0.3, -0.25) is 9.59 Å². The molecule has 2 unspecified atom stereocenters. The molecule has 116 valence electrons. The summed E-state index contributed by atoms with van der Waals surface area (Å²) in [5.41, 5.74) is 0. The summed E-state index contributed by atoms with van der Waals surface area (Å²) in [6.07, 6.45) is 0.738. The molecular formula is C14H26N2O4. The molecule has 0 aromatic rings. The Kier molecular flexibility index (Phi) is 8.59. The van der Waals surface area contributed by atoms with Crippen LogP contribution in [0.3, 0.4) is 0 Å². The molecule has 0 fully saturated rings. The number of carboxylic acid groups (broad SMARTS) is 1. The van der Waals surface area contributed by atoms with E-state index in [-0.39, 0.29) is 24.7 Å². The van der Waals surface area contributed by atoms with Gasteiger partial charge in [0.05, 0.1) is 0 Å². The van der Waals surface area contributed by atoms with Gasteiger partial charge in [0.15, 0.2) is 0 Å². The Morgan fingerprint density at radius 1 is 1.05 bits per heavy atom. The lowest BCUT2D eigenvalue weighted by atomic mass is 9.99. The number of nitrogens with one attached hydrogen (secondary N) is 2. The largest absolute Gasteiger partial charge is 0.480 e. The Morgan fingerprint density at radius 3 is 2.05 bits per heavy atom. The van der Waals surface area contributed by atoms with Crippen molar-refractivity contribution in [3.63, 3.8) is 0 Å². The fourth-order valence-electron chi connectivity index (χ4n) is 1.56. The topological polar surface area (TPSA) is 95.5 Å². The van der Waals surface area contributed by atoms with Crippen molar-refractivity contribution in [3.8, 4) is 0 Å². The molecule has 0 aromatic heterocycles. The highest BCUT2D eigenvalue weighted by Gasteiger charge is 2.25. The van der Waals surface area contributed by atoms with Crippen LogP contribution in [0.5, 0.6) is 0 Å². The van der Waals surface area contributed by atoms with Crippen LogP contribution in [0.4, 0.5) is 0 Å². The van der Waals surface area contributed by atoms with Gasteiger partial charge in [0.25, 0.3) is 0 Å². The Bertz CT molecular complexity index is 342. The number of carboxylic acids is 1. The molecule has 0 aliphatic heterocycles. The molecule has 0 spiro atoms. The zero-order valence-corrected chi connectivity index (χ0v) is 12.7. The Morgan fingerprint density at radius 2 is 1.60 bits per heavy atom. The second kappa shape index (κ2) is 9.34. The van der Waals surface area contributed by atoms with E-state index in [4.69, 9.17) is 5.11 Å². The number of hydrogen-bond donors (Lipinski definition) is 3. The molecule has 6 heteroatoms. The van der Waals surface area contributed by atoms with E-state index in [1.165, 1.54) is 0 Å². The second-order valence-electron chi connectivity index (χ2n) is 5.47. The van der Waals surface area contributed by atoms with Crippen LogP contribution in [-0.2, 0) is 14.4 Å². The fraction of sp³-hybridized carbons (Fsp3) is 0.786. The first-order valence-electron chi connectivity index (χ1n) is 7.06. The van der Waals surface area contributed by atoms with E-state index in [1.54, 1.807) is 6.92 Å². The average Bonchev–Trinajstić information content (AvgIpc) is 2.38. The first-order valence-corrected chi connectivity index (χ1v) is 7.06. The van der Waals surface area contributed by atoms with Crippen molar-refractivity contribution in [3.05, 3.63) is 0 Å². The molecule has 3 N–H and O–H groups in total. The average molecular weight is 286 g/mol. The van der Waals surface area contributed by atoms with Crippen LogP contribution in [0.25, 0.3) is 0 Å². The lowest BCUT2D eigenvalue weighted by molar-refractivity contribution is -0.143. The summed E-state index contributed by atoms with van der Waals surface area (Å²) >= 11 is 0. The van der Waals surface area contributed by atoms with Crippen LogP contribution in [0, 0.1) is 11.8 Å². The summed E-state index contributed by atoms with van der Waals surface area (Å²) in [4.78, 5) is 34.2. The highest BCUT2D eigenvalue weighted by Crippen LogP contribution is 2.08. The summed E-state index contributed by atoms with van der Waals surface area (Å²) in [7, 11) is 0. The van der Waals surface area contributed by atoms with Crippen LogP contribution < -0.4 is 10.6 Å². The molecular weight excluding hydrogens is 260 g/mol. The second-order valence-corrected chi connectivity index (χ2v) is 5.47. The highest BCUT2D eigenvalue weighted by atomic mass is 16.4. The lowest BCUT2D eigenvalue weighted by Gasteiger charge is -2.20. The van der Waals surface area contributed by atoms with Crippen LogP contribution in [0.2, 0.25) is 0 Å². The Balaban J connectivity index is 4.14. The summed E-state index contributed by atoms with van der Waals surface area (Å²) in [5.74, 6) is -1.43. The van der Waals surface area contributed by atoms with E-state index >= 15 is 0 Å². The van der Waals surface area contributed by atoms with Crippen molar-refractivity contribution in [1.82, 2.24) is 10.6 Å². The van der Waals surface area contributed by atoms with E-state index in [0.717, 1.165) is 0 Å². The van der Waals surface area contributed by atoms with Gasteiger partial charge >= 0.3 is 5.97 Å². The van der Waals surface area contributed by atoms with Crippen LogP contribution in [0.15, 0.2) is 0 Å². The quantitative estimate of drug-likeness (QED) is 0.592. The summed E-state index contributed by atoms with van der Waals surface area (Å²) in [5, 5.41) is 14.2. The maximum absolute atomic E-state index is 11.7. The van der Waals surface area contributed by atoms with Gasteiger partial charge in [0.2, 0.25) is 11.8 Å². The van der Waals surface area contributed by atoms with Crippen molar-refractivity contribution in [1.29, 1.82) is 0 Å². The fourth-order valence-corrected chi connectivity index (χ4v) is 1.56. The summed E-state index contributed by atoms with van der Waals surface area (Å²) in [6, 6.07) is -0.897. The first kappa shape index (κ1) is 18.4. The molecule has 0 rings (SSSR count). The number of carbonyl (C=O) groups is 3. The third kappa shape index (κ3) is 7.76. The molecule has 0 heterocycles. The minimum absolute atomic E-state index is 0.00411. The van der Waals surface area contributed by atoms with Gasteiger partial charge in [0.1, 0.15) is 6.04 Å². The smallest absolute Gasteiger partial charge is 0.326 e. The van der Waals surface area contributed by atoms with Gasteiger partial charge in [-0.15, -0.1) is 0 Å². The normalized spacial score (nSPS) is 13.7. The molecule has 0 saturated carbocycles. The van der Waals surface area contributed by atoms with Crippen LogP contribution >= 0.6 is 0 Å². The van der Waals surface area contributed by atoms with E-state index in [0.29, 0.717) is 18.9 Å². The van der Waals surface area contributed by atoms with Crippen molar-refractivity contribution in [2.24, 2.45) is 11.8 Å². The molecule has 0 aliphatic carbocycles. The van der Waals surface area contributed by atoms with Crippen molar-refractivity contribution >= 4 is 17.8 Å². The molecule has 20 heavy (non-hydrogen) atoms. The molecule has 0 aromatic carbocycles. The predicted molar refractivity (Wildman–Crippen MR) is 76.1 cm³/mol. The van der Waals surface area contributed by atoms with Gasteiger partial charge in [-0.05, 0) is 11.8 Å². The number of carbonyl (C=O) groups excluding carboxylic acids is 2. The van der Waals surface area contributed by atoms with Crippen molar-refractivity contribution in [2.45, 2.75) is 53.0 Å². The minimum Gasteiger partial charge on any atom is -0.480 e. The number of rotatable bonds is 9. The SMILES string of the molecule is CCC(C)C(NC(=O)CCC(=O)NCC(C)C)C(=O)O. The molecule has 0 saturated heterocycles. The minimum atomic E-state index is -1.04. The zero-order valence-electron chi connectivity index (χ0n) is 12.7. The van der Waals surface area contributed by atoms with E-state index in [1.807, 2.05) is 20.8 Å². The van der Waals surface area contributed by atoms with Gasteiger partial charge in [0, 0.05) is 19.4 Å².